The molecule has 1 fully saturated rings. The van der Waals surface area contributed by atoms with E-state index in [1.54, 1.807) is 0 Å². The summed E-state index contributed by atoms with van der Waals surface area (Å²) in [5.41, 5.74) is 3.76. The number of carbonyl (C=O) groups is 1. The van der Waals surface area contributed by atoms with Crippen molar-refractivity contribution in [2.75, 3.05) is 13.6 Å². The molecule has 1 heterocycles. The largest absolute Gasteiger partial charge is 0.340 e. The third kappa shape index (κ3) is 3.57. The summed E-state index contributed by atoms with van der Waals surface area (Å²) in [7, 11) is 1.90. The lowest BCUT2D eigenvalue weighted by Crippen LogP contribution is -2.47. The Hall–Kier alpha value is -1.35. The second kappa shape index (κ2) is 6.20. The van der Waals surface area contributed by atoms with Crippen LogP contribution in [-0.4, -0.2) is 30.4 Å². The van der Waals surface area contributed by atoms with Gasteiger partial charge in [0.25, 0.3) is 0 Å². The van der Waals surface area contributed by atoms with Gasteiger partial charge in [-0.3, -0.25) is 4.79 Å². The zero-order valence-electron chi connectivity index (χ0n) is 12.2. The number of piperidine rings is 1. The number of likely N-dealkylation sites (N-methyl/N-ethyl adjacent to an activating group) is 1. The van der Waals surface area contributed by atoms with Gasteiger partial charge in [-0.25, -0.2) is 0 Å². The Labute approximate surface area is 116 Å². The van der Waals surface area contributed by atoms with E-state index in [9.17, 15) is 4.79 Å². The maximum absolute atomic E-state index is 12.3. The van der Waals surface area contributed by atoms with Gasteiger partial charge in [0, 0.05) is 13.6 Å². The van der Waals surface area contributed by atoms with Crippen LogP contribution in [0.3, 0.4) is 0 Å². The number of hydrogen-bond acceptors (Lipinski definition) is 2. The third-order valence-corrected chi connectivity index (χ3v) is 3.89. The minimum atomic E-state index is 0.0181. The minimum absolute atomic E-state index is 0.0181. The average Bonchev–Trinajstić information content (AvgIpc) is 2.42. The van der Waals surface area contributed by atoms with Gasteiger partial charge in [0.1, 0.15) is 0 Å². The van der Waals surface area contributed by atoms with Crippen molar-refractivity contribution >= 4 is 5.91 Å². The lowest BCUT2D eigenvalue weighted by atomic mass is 10.0. The molecule has 0 aromatic heterocycles. The summed E-state index contributed by atoms with van der Waals surface area (Å²) in [5, 5.41) is 3.32. The number of rotatable bonds is 3. The van der Waals surface area contributed by atoms with E-state index >= 15 is 0 Å². The molecule has 1 aliphatic rings. The Morgan fingerprint density at radius 3 is 2.79 bits per heavy atom. The molecule has 0 aliphatic carbocycles. The quantitative estimate of drug-likeness (QED) is 0.905. The highest BCUT2D eigenvalue weighted by Gasteiger charge is 2.23. The predicted octanol–water partition coefficient (Wildman–Crippen LogP) is 2.40. The molecule has 0 bridgehead atoms. The topological polar surface area (TPSA) is 32.3 Å². The van der Waals surface area contributed by atoms with E-state index in [1.165, 1.54) is 23.1 Å². The van der Waals surface area contributed by atoms with Crippen LogP contribution in [-0.2, 0) is 11.3 Å². The Balaban J connectivity index is 1.99. The highest BCUT2D eigenvalue weighted by atomic mass is 16.2. The highest BCUT2D eigenvalue weighted by molar-refractivity contribution is 5.81. The highest BCUT2D eigenvalue weighted by Crippen LogP contribution is 2.15. The molecule has 1 N–H and O–H groups in total. The maximum Gasteiger partial charge on any atom is 0.239 e. The molecule has 1 aromatic rings. The molecule has 3 heteroatoms. The molecular formula is C16H24N2O. The van der Waals surface area contributed by atoms with E-state index < -0.39 is 0 Å². The first kappa shape index (κ1) is 14.1. The number of nitrogens with one attached hydrogen (secondary N) is 1. The normalized spacial score (nSPS) is 19.2. The van der Waals surface area contributed by atoms with Crippen molar-refractivity contribution in [3.05, 3.63) is 34.9 Å². The lowest BCUT2D eigenvalue weighted by Gasteiger charge is -2.28. The van der Waals surface area contributed by atoms with Crippen molar-refractivity contribution in [3.8, 4) is 0 Å². The SMILES string of the molecule is Cc1ccc(CN(C)C(=O)[C@H]2CCCCN2)c(C)c1. The molecule has 1 amide bonds. The average molecular weight is 260 g/mol. The van der Waals surface area contributed by atoms with Crippen LogP contribution in [0.15, 0.2) is 18.2 Å². The van der Waals surface area contributed by atoms with Gasteiger partial charge in [0.2, 0.25) is 5.91 Å². The summed E-state index contributed by atoms with van der Waals surface area (Å²) in [6.07, 6.45) is 3.31. The number of hydrogen-bond donors (Lipinski definition) is 1. The first-order chi connectivity index (χ1) is 9.08. The molecule has 1 saturated heterocycles. The monoisotopic (exact) mass is 260 g/mol. The molecule has 2 rings (SSSR count). The molecule has 3 nitrogen and oxygen atoms in total. The number of nitrogens with zero attached hydrogens (tertiary/aromatic N) is 1. The van der Waals surface area contributed by atoms with Crippen molar-refractivity contribution < 1.29 is 4.79 Å². The van der Waals surface area contributed by atoms with Crippen LogP contribution in [0.4, 0.5) is 0 Å². The molecule has 1 aliphatic heterocycles. The van der Waals surface area contributed by atoms with E-state index in [-0.39, 0.29) is 11.9 Å². The molecule has 0 spiro atoms. The van der Waals surface area contributed by atoms with Crippen molar-refractivity contribution in [2.45, 2.75) is 45.7 Å². The Kier molecular flexibility index (Phi) is 4.59. The van der Waals surface area contributed by atoms with Crippen LogP contribution in [0.5, 0.6) is 0 Å². The summed E-state index contributed by atoms with van der Waals surface area (Å²) >= 11 is 0. The Bertz CT molecular complexity index is 450. The number of amides is 1. The first-order valence-electron chi connectivity index (χ1n) is 7.12. The van der Waals surface area contributed by atoms with E-state index in [1.807, 2.05) is 11.9 Å². The number of carbonyl (C=O) groups excluding carboxylic acids is 1. The van der Waals surface area contributed by atoms with Crippen LogP contribution in [0.1, 0.15) is 36.0 Å². The van der Waals surface area contributed by atoms with Crippen LogP contribution < -0.4 is 5.32 Å². The molecular weight excluding hydrogens is 236 g/mol. The molecule has 0 saturated carbocycles. The van der Waals surface area contributed by atoms with Gasteiger partial charge in [0.05, 0.1) is 6.04 Å². The van der Waals surface area contributed by atoms with Crippen LogP contribution in [0.2, 0.25) is 0 Å². The van der Waals surface area contributed by atoms with Crippen molar-refractivity contribution in [1.29, 1.82) is 0 Å². The Morgan fingerprint density at radius 1 is 1.37 bits per heavy atom. The van der Waals surface area contributed by atoms with E-state index in [0.29, 0.717) is 6.54 Å². The standard InChI is InChI=1S/C16H24N2O/c1-12-7-8-14(13(2)10-12)11-18(3)16(19)15-6-4-5-9-17-15/h7-8,10,15,17H,4-6,9,11H2,1-3H3/t15-/m1/s1. The van der Waals surface area contributed by atoms with Gasteiger partial charge in [-0.1, -0.05) is 30.2 Å². The molecule has 104 valence electrons. The molecule has 1 aromatic carbocycles. The minimum Gasteiger partial charge on any atom is -0.340 e. The molecule has 1 atom stereocenters. The van der Waals surface area contributed by atoms with Crippen LogP contribution in [0.25, 0.3) is 0 Å². The molecule has 19 heavy (non-hydrogen) atoms. The number of aryl methyl sites for hydroxylation is 2. The summed E-state index contributed by atoms with van der Waals surface area (Å²) in [5.74, 6) is 0.222. The van der Waals surface area contributed by atoms with Crippen LogP contribution >= 0.6 is 0 Å². The first-order valence-corrected chi connectivity index (χ1v) is 7.12. The Morgan fingerprint density at radius 2 is 2.16 bits per heavy atom. The van der Waals surface area contributed by atoms with Crippen molar-refractivity contribution in [2.24, 2.45) is 0 Å². The van der Waals surface area contributed by atoms with Crippen LogP contribution in [0, 0.1) is 13.8 Å². The van der Waals surface area contributed by atoms with E-state index in [4.69, 9.17) is 0 Å². The van der Waals surface area contributed by atoms with Crippen molar-refractivity contribution in [1.82, 2.24) is 10.2 Å². The summed E-state index contributed by atoms with van der Waals surface area (Å²) < 4.78 is 0. The summed E-state index contributed by atoms with van der Waals surface area (Å²) in [6.45, 7) is 5.87. The summed E-state index contributed by atoms with van der Waals surface area (Å²) in [4.78, 5) is 14.2. The molecule has 0 unspecified atom stereocenters. The summed E-state index contributed by atoms with van der Waals surface area (Å²) in [6, 6.07) is 6.43. The zero-order valence-corrected chi connectivity index (χ0v) is 12.2. The van der Waals surface area contributed by atoms with Gasteiger partial charge in [-0.2, -0.15) is 0 Å². The smallest absolute Gasteiger partial charge is 0.239 e. The number of benzene rings is 1. The van der Waals surface area contributed by atoms with Gasteiger partial charge in [0.15, 0.2) is 0 Å². The van der Waals surface area contributed by atoms with Gasteiger partial charge >= 0.3 is 0 Å². The fourth-order valence-electron chi connectivity index (χ4n) is 2.69. The second-order valence-electron chi connectivity index (χ2n) is 5.63. The van der Waals surface area contributed by atoms with Gasteiger partial charge in [-0.15, -0.1) is 0 Å². The predicted molar refractivity (Wildman–Crippen MR) is 78.0 cm³/mol. The van der Waals surface area contributed by atoms with E-state index in [0.717, 1.165) is 19.4 Å². The lowest BCUT2D eigenvalue weighted by molar-refractivity contribution is -0.133. The zero-order chi connectivity index (χ0) is 13.8. The second-order valence-corrected chi connectivity index (χ2v) is 5.63. The fourth-order valence-corrected chi connectivity index (χ4v) is 2.69. The van der Waals surface area contributed by atoms with E-state index in [2.05, 4.69) is 37.4 Å². The van der Waals surface area contributed by atoms with Gasteiger partial charge in [-0.05, 0) is 44.4 Å². The third-order valence-electron chi connectivity index (χ3n) is 3.89. The molecule has 0 radical (unpaired) electrons. The maximum atomic E-state index is 12.3. The van der Waals surface area contributed by atoms with Crippen molar-refractivity contribution in [3.63, 3.8) is 0 Å². The fraction of sp³-hybridized carbons (Fsp3) is 0.562. The van der Waals surface area contributed by atoms with Gasteiger partial charge < -0.3 is 10.2 Å².